The Labute approximate surface area is 180 Å². The Morgan fingerprint density at radius 2 is 1.90 bits per heavy atom. The fourth-order valence-corrected chi connectivity index (χ4v) is 3.27. The van der Waals surface area contributed by atoms with Crippen LogP contribution in [0.15, 0.2) is 53.7 Å². The first-order valence-corrected chi connectivity index (χ1v) is 9.88. The molecule has 3 rings (SSSR count). The highest BCUT2D eigenvalue weighted by Gasteiger charge is 2.15. The third-order valence-electron chi connectivity index (χ3n) is 4.15. The summed E-state index contributed by atoms with van der Waals surface area (Å²) in [6.07, 6.45) is 0. The number of carbonyl (C=O) groups excluding carboxylic acids is 2. The monoisotopic (exact) mass is 442 g/mol. The van der Waals surface area contributed by atoms with Crippen molar-refractivity contribution >= 4 is 29.3 Å². The smallest absolute Gasteiger partial charge is 0.270 e. The fraction of sp³-hybridized carbons (Fsp3) is 0.158. The number of nitro groups is 1. The van der Waals surface area contributed by atoms with E-state index < -0.39 is 16.7 Å². The molecule has 0 aliphatic rings. The first kappa shape index (κ1) is 21.8. The molecule has 11 nitrogen and oxygen atoms in total. The predicted octanol–water partition coefficient (Wildman–Crippen LogP) is 1.95. The third-order valence-corrected chi connectivity index (χ3v) is 5.17. The Morgan fingerprint density at radius 3 is 2.58 bits per heavy atom. The number of rotatable bonds is 7. The zero-order chi connectivity index (χ0) is 22.4. The number of nitro benzene ring substituents is 1. The number of non-ortho nitro benzene ring substituents is 1. The molecule has 12 heteroatoms. The van der Waals surface area contributed by atoms with Gasteiger partial charge in [0.15, 0.2) is 11.0 Å². The van der Waals surface area contributed by atoms with Crippen molar-refractivity contribution in [2.75, 3.05) is 12.9 Å². The van der Waals surface area contributed by atoms with Crippen LogP contribution < -0.4 is 15.6 Å². The number of carbonyl (C=O) groups is 2. The molecule has 3 aromatic rings. The van der Waals surface area contributed by atoms with Gasteiger partial charge in [-0.3, -0.25) is 30.6 Å². The van der Waals surface area contributed by atoms with Crippen molar-refractivity contribution < 1.29 is 19.2 Å². The molecule has 0 spiro atoms. The van der Waals surface area contributed by atoms with Crippen LogP contribution in [0.2, 0.25) is 0 Å². The normalized spacial score (nSPS) is 10.4. The lowest BCUT2D eigenvalue weighted by Crippen LogP contribution is -2.42. The molecular weight excluding hydrogens is 424 g/mol. The minimum atomic E-state index is -0.664. The number of benzene rings is 2. The predicted molar refractivity (Wildman–Crippen MR) is 112 cm³/mol. The molecule has 160 valence electrons. The van der Waals surface area contributed by atoms with Gasteiger partial charge < -0.3 is 9.30 Å². The van der Waals surface area contributed by atoms with Crippen LogP contribution in [0, 0.1) is 10.1 Å². The molecule has 0 unspecified atom stereocenters. The third kappa shape index (κ3) is 5.36. The van der Waals surface area contributed by atoms with Crippen LogP contribution in [0.3, 0.4) is 0 Å². The molecule has 0 bridgehead atoms. The van der Waals surface area contributed by atoms with E-state index in [0.29, 0.717) is 11.0 Å². The number of thioether (sulfide) groups is 1. The summed E-state index contributed by atoms with van der Waals surface area (Å²) < 4.78 is 6.89. The maximum atomic E-state index is 12.1. The van der Waals surface area contributed by atoms with E-state index in [2.05, 4.69) is 21.0 Å². The van der Waals surface area contributed by atoms with Crippen LogP contribution in [-0.2, 0) is 11.8 Å². The zero-order valence-electron chi connectivity index (χ0n) is 16.6. The first-order valence-electron chi connectivity index (χ1n) is 8.89. The topological polar surface area (TPSA) is 141 Å². The Bertz CT molecular complexity index is 1120. The number of nitrogens with zero attached hydrogens (tertiary/aromatic N) is 4. The highest BCUT2D eigenvalue weighted by molar-refractivity contribution is 7.99. The zero-order valence-corrected chi connectivity index (χ0v) is 17.4. The van der Waals surface area contributed by atoms with Gasteiger partial charge in [0.1, 0.15) is 5.75 Å². The molecule has 0 aliphatic heterocycles. The minimum absolute atomic E-state index is 0.0240. The number of hydrogen-bond acceptors (Lipinski definition) is 8. The van der Waals surface area contributed by atoms with Gasteiger partial charge in [-0.05, 0) is 30.3 Å². The maximum Gasteiger partial charge on any atom is 0.270 e. The second-order valence-electron chi connectivity index (χ2n) is 6.19. The lowest BCUT2D eigenvalue weighted by molar-refractivity contribution is -0.384. The quantitative estimate of drug-likeness (QED) is 0.321. The highest BCUT2D eigenvalue weighted by Crippen LogP contribution is 2.24. The molecule has 0 radical (unpaired) electrons. The van der Waals surface area contributed by atoms with E-state index in [9.17, 15) is 19.7 Å². The van der Waals surface area contributed by atoms with Gasteiger partial charge in [-0.1, -0.05) is 17.8 Å². The fourth-order valence-electron chi connectivity index (χ4n) is 2.56. The largest absolute Gasteiger partial charge is 0.497 e. The van der Waals surface area contributed by atoms with E-state index in [4.69, 9.17) is 4.74 Å². The van der Waals surface area contributed by atoms with E-state index in [-0.39, 0.29) is 17.0 Å². The molecule has 1 heterocycles. The summed E-state index contributed by atoms with van der Waals surface area (Å²) in [4.78, 5) is 34.3. The van der Waals surface area contributed by atoms with Crippen molar-refractivity contribution in [3.8, 4) is 17.1 Å². The van der Waals surface area contributed by atoms with Crippen molar-refractivity contribution in [2.45, 2.75) is 5.16 Å². The molecule has 2 aromatic carbocycles. The van der Waals surface area contributed by atoms with E-state index in [1.165, 1.54) is 18.2 Å². The second-order valence-corrected chi connectivity index (χ2v) is 7.13. The molecule has 0 fully saturated rings. The second kappa shape index (κ2) is 9.71. The van der Waals surface area contributed by atoms with Crippen molar-refractivity contribution in [3.05, 3.63) is 64.2 Å². The van der Waals surface area contributed by atoms with Gasteiger partial charge in [0.25, 0.3) is 11.6 Å². The van der Waals surface area contributed by atoms with Crippen LogP contribution in [0.25, 0.3) is 11.4 Å². The van der Waals surface area contributed by atoms with Gasteiger partial charge >= 0.3 is 0 Å². The molecule has 0 aliphatic carbocycles. The lowest BCUT2D eigenvalue weighted by atomic mass is 10.2. The Hall–Kier alpha value is -3.93. The summed E-state index contributed by atoms with van der Waals surface area (Å²) in [5, 5.41) is 19.6. The molecule has 31 heavy (non-hydrogen) atoms. The number of aromatic nitrogens is 3. The summed E-state index contributed by atoms with van der Waals surface area (Å²) >= 11 is 1.14. The number of hydrazine groups is 1. The minimum Gasteiger partial charge on any atom is -0.497 e. The molecular formula is C19H18N6O5S. The molecule has 2 amide bonds. The maximum absolute atomic E-state index is 12.1. The average molecular weight is 442 g/mol. The van der Waals surface area contributed by atoms with Crippen LogP contribution in [0.4, 0.5) is 5.69 Å². The average Bonchev–Trinajstić information content (AvgIpc) is 3.16. The molecule has 0 saturated carbocycles. The van der Waals surface area contributed by atoms with Gasteiger partial charge in [-0.25, -0.2) is 0 Å². The van der Waals surface area contributed by atoms with E-state index in [1.54, 1.807) is 18.7 Å². The summed E-state index contributed by atoms with van der Waals surface area (Å²) in [6.45, 7) is 0. The van der Waals surface area contributed by atoms with Crippen LogP contribution in [-0.4, -0.2) is 44.4 Å². The van der Waals surface area contributed by atoms with Crippen LogP contribution >= 0.6 is 11.8 Å². The molecule has 0 atom stereocenters. The van der Waals surface area contributed by atoms with Crippen molar-refractivity contribution in [1.29, 1.82) is 0 Å². The highest BCUT2D eigenvalue weighted by atomic mass is 32.2. The standard InChI is InChI=1S/C19H18N6O5S/c1-24-17(12-6-8-15(30-2)9-7-12)21-23-19(24)31-11-16(26)20-22-18(27)13-4-3-5-14(10-13)25(28)29/h3-10H,11H2,1-2H3,(H,20,26)(H,22,27). The summed E-state index contributed by atoms with van der Waals surface area (Å²) in [7, 11) is 3.37. The summed E-state index contributed by atoms with van der Waals surface area (Å²) in [5.74, 6) is 0.193. The Morgan fingerprint density at radius 1 is 1.16 bits per heavy atom. The van der Waals surface area contributed by atoms with Crippen LogP contribution in [0.5, 0.6) is 5.75 Å². The molecule has 0 saturated heterocycles. The number of methoxy groups -OCH3 is 1. The number of hydrogen-bond donors (Lipinski definition) is 2. The Balaban J connectivity index is 1.54. The van der Waals surface area contributed by atoms with Crippen molar-refractivity contribution in [1.82, 2.24) is 25.6 Å². The van der Waals surface area contributed by atoms with Crippen molar-refractivity contribution in [3.63, 3.8) is 0 Å². The number of ether oxygens (including phenoxy) is 1. The van der Waals surface area contributed by atoms with Gasteiger partial charge in [0, 0.05) is 30.3 Å². The van der Waals surface area contributed by atoms with Crippen LogP contribution in [0.1, 0.15) is 10.4 Å². The lowest BCUT2D eigenvalue weighted by Gasteiger charge is -2.07. The van der Waals surface area contributed by atoms with Gasteiger partial charge in [0.05, 0.1) is 17.8 Å². The van der Waals surface area contributed by atoms with E-state index in [0.717, 1.165) is 29.1 Å². The van der Waals surface area contributed by atoms with E-state index >= 15 is 0 Å². The first-order chi connectivity index (χ1) is 14.9. The van der Waals surface area contributed by atoms with Gasteiger partial charge in [-0.15, -0.1) is 10.2 Å². The van der Waals surface area contributed by atoms with Crippen molar-refractivity contribution in [2.24, 2.45) is 7.05 Å². The number of amides is 2. The Kier molecular flexibility index (Phi) is 6.82. The summed E-state index contributed by atoms with van der Waals surface area (Å²) in [6, 6.07) is 12.5. The van der Waals surface area contributed by atoms with Gasteiger partial charge in [-0.2, -0.15) is 0 Å². The summed E-state index contributed by atoms with van der Waals surface area (Å²) in [5.41, 5.74) is 5.18. The van der Waals surface area contributed by atoms with Gasteiger partial charge in [0.2, 0.25) is 5.91 Å². The molecule has 1 aromatic heterocycles. The van der Waals surface area contributed by atoms with E-state index in [1.807, 2.05) is 24.3 Å². The SMILES string of the molecule is COc1ccc(-c2nnc(SCC(=O)NNC(=O)c3cccc([N+](=O)[O-])c3)n2C)cc1. The molecule has 2 N–H and O–H groups in total. The number of nitrogens with one attached hydrogen (secondary N) is 2.